The van der Waals surface area contributed by atoms with Gasteiger partial charge in [0.1, 0.15) is 6.54 Å². The van der Waals surface area contributed by atoms with Crippen molar-refractivity contribution in [3.8, 4) is 0 Å². The summed E-state index contributed by atoms with van der Waals surface area (Å²) in [5.41, 5.74) is 2.50. The van der Waals surface area contributed by atoms with Crippen LogP contribution in [0.25, 0.3) is 0 Å². The van der Waals surface area contributed by atoms with Gasteiger partial charge in [-0.2, -0.15) is 0 Å². The van der Waals surface area contributed by atoms with E-state index in [1.807, 2.05) is 18.2 Å². The molecule has 0 aromatic heterocycles. The Bertz CT molecular complexity index is 815. The monoisotopic (exact) mass is 428 g/mol. The highest BCUT2D eigenvalue weighted by molar-refractivity contribution is 6.33. The summed E-state index contributed by atoms with van der Waals surface area (Å²) in [6.07, 6.45) is 2.15. The van der Waals surface area contributed by atoms with Crippen molar-refractivity contribution in [3.63, 3.8) is 0 Å². The van der Waals surface area contributed by atoms with Gasteiger partial charge in [-0.3, -0.25) is 4.79 Å². The molecule has 0 bridgehead atoms. The van der Waals surface area contributed by atoms with E-state index in [2.05, 4.69) is 46.6 Å². The third-order valence-corrected chi connectivity index (χ3v) is 6.75. The number of piperidine rings is 1. The zero-order valence-corrected chi connectivity index (χ0v) is 18.3. The van der Waals surface area contributed by atoms with Gasteiger partial charge in [-0.05, 0) is 12.1 Å². The predicted octanol–water partition coefficient (Wildman–Crippen LogP) is 0.409. The molecule has 0 atom stereocenters. The maximum Gasteiger partial charge on any atom is 0.275 e. The fraction of sp³-hybridized carbons (Fsp3) is 0.458. The average molecular weight is 429 g/mol. The number of anilines is 1. The van der Waals surface area contributed by atoms with Crippen molar-refractivity contribution in [2.45, 2.75) is 25.4 Å². The maximum absolute atomic E-state index is 12.6. The van der Waals surface area contributed by atoms with Crippen LogP contribution in [0.2, 0.25) is 5.02 Å². The number of rotatable bonds is 6. The molecule has 2 aliphatic heterocycles. The van der Waals surface area contributed by atoms with Crippen LogP contribution in [0.15, 0.2) is 54.6 Å². The molecule has 1 amide bonds. The zero-order chi connectivity index (χ0) is 20.8. The molecule has 6 heteroatoms. The highest BCUT2D eigenvalue weighted by atomic mass is 35.5. The maximum atomic E-state index is 12.6. The van der Waals surface area contributed by atoms with E-state index < -0.39 is 0 Å². The summed E-state index contributed by atoms with van der Waals surface area (Å²) < 4.78 is 0. The van der Waals surface area contributed by atoms with E-state index in [9.17, 15) is 4.79 Å². The number of hydrogen-bond acceptors (Lipinski definition) is 2. The lowest BCUT2D eigenvalue weighted by Gasteiger charge is -2.34. The Balaban J connectivity index is 1.16. The van der Waals surface area contributed by atoms with Gasteiger partial charge in [-0.15, -0.1) is 0 Å². The van der Waals surface area contributed by atoms with Crippen molar-refractivity contribution < 1.29 is 14.6 Å². The molecule has 4 rings (SSSR count). The first-order valence-electron chi connectivity index (χ1n) is 11.2. The average Bonchev–Trinajstić information content (AvgIpc) is 2.77. The summed E-state index contributed by atoms with van der Waals surface area (Å²) in [5, 5.41) is 4.10. The minimum absolute atomic E-state index is 0.202. The van der Waals surface area contributed by atoms with Gasteiger partial charge in [0, 0.05) is 24.4 Å². The van der Waals surface area contributed by atoms with Crippen LogP contribution < -0.4 is 20.0 Å². The molecule has 0 radical (unpaired) electrons. The number of benzene rings is 2. The first-order chi connectivity index (χ1) is 14.7. The van der Waals surface area contributed by atoms with Crippen LogP contribution in [0, 0.1) is 0 Å². The molecule has 3 N–H and O–H groups in total. The second-order valence-electron chi connectivity index (χ2n) is 8.62. The topological polar surface area (TPSA) is 41.2 Å². The summed E-state index contributed by atoms with van der Waals surface area (Å²) in [5.74, 6) is 0.202. The minimum Gasteiger partial charge on any atom is -0.359 e. The number of hydrogen-bond donors (Lipinski definition) is 3. The molecule has 0 saturated carbocycles. The highest BCUT2D eigenvalue weighted by Gasteiger charge is 2.27. The molecule has 2 fully saturated rings. The molecule has 0 aliphatic carbocycles. The lowest BCUT2D eigenvalue weighted by Crippen LogP contribution is -3.16. The third kappa shape index (κ3) is 5.75. The molecule has 0 spiro atoms. The predicted molar refractivity (Wildman–Crippen MR) is 121 cm³/mol. The van der Waals surface area contributed by atoms with Crippen LogP contribution in [0.4, 0.5) is 5.69 Å². The quantitative estimate of drug-likeness (QED) is 0.623. The van der Waals surface area contributed by atoms with Gasteiger partial charge in [0.2, 0.25) is 0 Å². The largest absolute Gasteiger partial charge is 0.359 e. The number of halogens is 1. The summed E-state index contributed by atoms with van der Waals surface area (Å²) in [7, 11) is 0. The summed E-state index contributed by atoms with van der Waals surface area (Å²) >= 11 is 6.33. The number of carbonyl (C=O) groups is 1. The van der Waals surface area contributed by atoms with Crippen LogP contribution in [0.5, 0.6) is 0 Å². The van der Waals surface area contributed by atoms with Gasteiger partial charge < -0.3 is 20.0 Å². The smallest absolute Gasteiger partial charge is 0.275 e. The molecule has 2 saturated heterocycles. The third-order valence-electron chi connectivity index (χ3n) is 6.43. The van der Waals surface area contributed by atoms with E-state index in [1.54, 1.807) is 4.90 Å². The van der Waals surface area contributed by atoms with Crippen LogP contribution in [-0.2, 0) is 11.3 Å². The van der Waals surface area contributed by atoms with Gasteiger partial charge in [-0.1, -0.05) is 54.1 Å². The summed E-state index contributed by atoms with van der Waals surface area (Å²) in [6, 6.07) is 19.0. The highest BCUT2D eigenvalue weighted by Crippen LogP contribution is 2.24. The fourth-order valence-electron chi connectivity index (χ4n) is 4.69. The zero-order valence-electron chi connectivity index (χ0n) is 17.6. The Kier molecular flexibility index (Phi) is 7.26. The normalized spacial score (nSPS) is 22.6. The first kappa shape index (κ1) is 21.2. The molecule has 2 heterocycles. The standard InChI is InChI=1S/C24H31ClN4O/c25-22-8-4-5-9-23(22)29-16-14-28(15-17-29)19-24(30)26-21-10-12-27(13-11-21)18-20-6-2-1-3-7-20/h1-9,21H,10-19H2,(H,26,30)/p+2. The van der Waals surface area contributed by atoms with Crippen molar-refractivity contribution in [2.75, 3.05) is 50.7 Å². The Morgan fingerprint density at radius 1 is 0.933 bits per heavy atom. The molecule has 2 aromatic rings. The Morgan fingerprint density at radius 2 is 1.60 bits per heavy atom. The second-order valence-corrected chi connectivity index (χ2v) is 9.03. The van der Waals surface area contributed by atoms with Gasteiger partial charge >= 0.3 is 0 Å². The van der Waals surface area contributed by atoms with Crippen LogP contribution in [-0.4, -0.2) is 57.8 Å². The number of carbonyl (C=O) groups excluding carboxylic acids is 1. The molecule has 5 nitrogen and oxygen atoms in total. The number of nitrogens with one attached hydrogen (secondary N) is 3. The Labute approximate surface area is 184 Å². The Hall–Kier alpha value is -2.08. The molecule has 160 valence electrons. The van der Waals surface area contributed by atoms with Gasteiger partial charge in [0.15, 0.2) is 6.54 Å². The SMILES string of the molecule is O=C(C[NH+]1CCN(c2ccccc2Cl)CC1)NC1CC[NH+](Cc2ccccc2)CC1. The number of para-hydroxylation sites is 1. The fourth-order valence-corrected chi connectivity index (χ4v) is 4.94. The number of likely N-dealkylation sites (tertiary alicyclic amines) is 1. The van der Waals surface area contributed by atoms with Crippen LogP contribution in [0.1, 0.15) is 18.4 Å². The first-order valence-corrected chi connectivity index (χ1v) is 11.5. The summed E-state index contributed by atoms with van der Waals surface area (Å²) in [6.45, 7) is 7.74. The lowest BCUT2D eigenvalue weighted by molar-refractivity contribution is -0.918. The molecule has 30 heavy (non-hydrogen) atoms. The van der Waals surface area contributed by atoms with Crippen molar-refractivity contribution in [2.24, 2.45) is 0 Å². The van der Waals surface area contributed by atoms with Gasteiger partial charge in [0.25, 0.3) is 5.91 Å². The van der Waals surface area contributed by atoms with E-state index in [0.717, 1.165) is 69.4 Å². The second kappa shape index (κ2) is 10.3. The van der Waals surface area contributed by atoms with E-state index in [0.29, 0.717) is 12.6 Å². The van der Waals surface area contributed by atoms with E-state index in [4.69, 9.17) is 11.6 Å². The number of piperazine rings is 1. The minimum atomic E-state index is 0.202. The number of quaternary nitrogens is 2. The van der Waals surface area contributed by atoms with Crippen molar-refractivity contribution in [1.82, 2.24) is 5.32 Å². The van der Waals surface area contributed by atoms with Crippen LogP contribution in [0.3, 0.4) is 0 Å². The molecular formula is C24H33ClN4O+2. The molecule has 2 aromatic carbocycles. The number of amides is 1. The molecular weight excluding hydrogens is 396 g/mol. The van der Waals surface area contributed by atoms with E-state index in [1.165, 1.54) is 10.5 Å². The Morgan fingerprint density at radius 3 is 2.30 bits per heavy atom. The van der Waals surface area contributed by atoms with Crippen molar-refractivity contribution >= 4 is 23.2 Å². The van der Waals surface area contributed by atoms with Gasteiger partial charge in [-0.25, -0.2) is 0 Å². The van der Waals surface area contributed by atoms with Crippen molar-refractivity contribution in [1.29, 1.82) is 0 Å². The molecule has 0 unspecified atom stereocenters. The summed E-state index contributed by atoms with van der Waals surface area (Å²) in [4.78, 5) is 17.9. The lowest BCUT2D eigenvalue weighted by atomic mass is 10.0. The molecule has 2 aliphatic rings. The van der Waals surface area contributed by atoms with Crippen molar-refractivity contribution in [3.05, 3.63) is 65.2 Å². The van der Waals surface area contributed by atoms with E-state index in [-0.39, 0.29) is 5.91 Å². The van der Waals surface area contributed by atoms with Gasteiger partial charge in [0.05, 0.1) is 50.0 Å². The number of nitrogens with zero attached hydrogens (tertiary/aromatic N) is 1. The van der Waals surface area contributed by atoms with E-state index >= 15 is 0 Å². The van der Waals surface area contributed by atoms with Crippen LogP contribution >= 0.6 is 11.6 Å².